The van der Waals surface area contributed by atoms with Crippen molar-refractivity contribution in [3.8, 4) is 11.4 Å². The van der Waals surface area contributed by atoms with Crippen LogP contribution in [0.3, 0.4) is 0 Å². The molecule has 0 aliphatic carbocycles. The van der Waals surface area contributed by atoms with Gasteiger partial charge in [-0.05, 0) is 11.5 Å². The van der Waals surface area contributed by atoms with Crippen molar-refractivity contribution in [3.05, 3.63) is 35.7 Å². The minimum atomic E-state index is -0.560. The molecule has 0 spiro atoms. The van der Waals surface area contributed by atoms with Crippen LogP contribution in [-0.2, 0) is 16.1 Å². The molecule has 7 heteroatoms. The molecular formula is C18H23N3O4. The Morgan fingerprint density at radius 1 is 1.40 bits per heavy atom. The normalized spacial score (nSPS) is 21.0. The van der Waals surface area contributed by atoms with Crippen LogP contribution in [0.15, 0.2) is 28.8 Å². The predicted molar refractivity (Wildman–Crippen MR) is 90.7 cm³/mol. The molecule has 2 heterocycles. The number of esters is 1. The summed E-state index contributed by atoms with van der Waals surface area (Å²) < 4.78 is 10.1. The largest absolute Gasteiger partial charge is 0.468 e. The number of hydrogen-bond acceptors (Lipinski definition) is 7. The van der Waals surface area contributed by atoms with Crippen molar-refractivity contribution in [1.29, 1.82) is 0 Å². The van der Waals surface area contributed by atoms with Gasteiger partial charge >= 0.3 is 5.97 Å². The molecule has 7 nitrogen and oxygen atoms in total. The highest BCUT2D eigenvalue weighted by Crippen LogP contribution is 2.23. The Kier molecular flexibility index (Phi) is 5.15. The lowest BCUT2D eigenvalue weighted by atomic mass is 10.0. The topological polar surface area (TPSA) is 88.7 Å². The molecule has 1 saturated heterocycles. The third-order valence-electron chi connectivity index (χ3n) is 4.50. The Balaban J connectivity index is 1.72. The van der Waals surface area contributed by atoms with Crippen LogP contribution >= 0.6 is 0 Å². The second-order valence-electron chi connectivity index (χ2n) is 6.65. The molecule has 0 amide bonds. The van der Waals surface area contributed by atoms with Crippen LogP contribution < -0.4 is 0 Å². The number of benzene rings is 1. The number of β-amino-alcohol motifs (C(OH)–C–C–N with tert-alkyl or cyclic N) is 1. The fourth-order valence-corrected chi connectivity index (χ4v) is 3.06. The first kappa shape index (κ1) is 17.6. The SMILES string of the molecule is COC(=O)[C@H]1C[C@H](O)CN1Cc1nc(-c2ccc(C(C)C)cc2)no1. The van der Waals surface area contributed by atoms with Gasteiger partial charge in [0.2, 0.25) is 11.7 Å². The zero-order chi connectivity index (χ0) is 18.0. The summed E-state index contributed by atoms with van der Waals surface area (Å²) in [6, 6.07) is 7.57. The van der Waals surface area contributed by atoms with E-state index in [4.69, 9.17) is 9.26 Å². The fraction of sp³-hybridized carbons (Fsp3) is 0.500. The molecule has 1 aromatic heterocycles. The van der Waals surface area contributed by atoms with Gasteiger partial charge in [0.05, 0.1) is 19.8 Å². The highest BCUT2D eigenvalue weighted by atomic mass is 16.5. The van der Waals surface area contributed by atoms with Crippen molar-refractivity contribution in [1.82, 2.24) is 15.0 Å². The van der Waals surface area contributed by atoms with E-state index in [1.54, 1.807) is 4.90 Å². The number of aliphatic hydroxyl groups is 1. The van der Waals surface area contributed by atoms with Crippen molar-refractivity contribution in [2.75, 3.05) is 13.7 Å². The van der Waals surface area contributed by atoms with E-state index < -0.39 is 12.1 Å². The van der Waals surface area contributed by atoms with Crippen LogP contribution in [0.2, 0.25) is 0 Å². The lowest BCUT2D eigenvalue weighted by Crippen LogP contribution is -2.36. The van der Waals surface area contributed by atoms with Gasteiger partial charge in [-0.25, -0.2) is 0 Å². The molecular weight excluding hydrogens is 322 g/mol. The van der Waals surface area contributed by atoms with E-state index in [1.165, 1.54) is 12.7 Å². The molecule has 0 unspecified atom stereocenters. The number of nitrogens with zero attached hydrogens (tertiary/aromatic N) is 3. The number of likely N-dealkylation sites (tertiary alicyclic amines) is 1. The summed E-state index contributed by atoms with van der Waals surface area (Å²) in [4.78, 5) is 18.0. The number of rotatable bonds is 5. The lowest BCUT2D eigenvalue weighted by molar-refractivity contribution is -0.146. The Morgan fingerprint density at radius 2 is 2.12 bits per heavy atom. The van der Waals surface area contributed by atoms with Crippen LogP contribution in [0.1, 0.15) is 37.6 Å². The maximum absolute atomic E-state index is 11.8. The van der Waals surface area contributed by atoms with Crippen molar-refractivity contribution in [2.24, 2.45) is 0 Å². The molecule has 0 bridgehead atoms. The van der Waals surface area contributed by atoms with E-state index in [1.807, 2.05) is 12.1 Å². The van der Waals surface area contributed by atoms with E-state index in [0.717, 1.165) is 5.56 Å². The predicted octanol–water partition coefficient (Wildman–Crippen LogP) is 1.97. The molecule has 2 atom stereocenters. The summed E-state index contributed by atoms with van der Waals surface area (Å²) in [5.41, 5.74) is 2.13. The van der Waals surface area contributed by atoms with Crippen LogP contribution in [0.4, 0.5) is 0 Å². The van der Waals surface area contributed by atoms with Crippen LogP contribution in [0, 0.1) is 0 Å². The maximum atomic E-state index is 11.8. The second-order valence-corrected chi connectivity index (χ2v) is 6.65. The van der Waals surface area contributed by atoms with Gasteiger partial charge in [-0.1, -0.05) is 43.3 Å². The first-order valence-corrected chi connectivity index (χ1v) is 8.40. The minimum absolute atomic E-state index is 0.300. The maximum Gasteiger partial charge on any atom is 0.323 e. The molecule has 2 aromatic rings. The van der Waals surface area contributed by atoms with Crippen molar-refractivity contribution >= 4 is 5.97 Å². The lowest BCUT2D eigenvalue weighted by Gasteiger charge is -2.19. The van der Waals surface area contributed by atoms with Gasteiger partial charge in [0, 0.05) is 18.5 Å². The zero-order valence-corrected chi connectivity index (χ0v) is 14.7. The Morgan fingerprint density at radius 3 is 2.76 bits per heavy atom. The molecule has 3 rings (SSSR count). The fourth-order valence-electron chi connectivity index (χ4n) is 3.06. The van der Waals surface area contributed by atoms with E-state index >= 15 is 0 Å². The third kappa shape index (κ3) is 3.88. The van der Waals surface area contributed by atoms with Gasteiger partial charge in [-0.2, -0.15) is 4.98 Å². The summed E-state index contributed by atoms with van der Waals surface area (Å²) in [6.45, 7) is 4.96. The number of aliphatic hydroxyl groups excluding tert-OH is 1. The molecule has 0 radical (unpaired) electrons. The Labute approximate surface area is 146 Å². The first-order chi connectivity index (χ1) is 12.0. The van der Waals surface area contributed by atoms with Gasteiger partial charge in [0.1, 0.15) is 6.04 Å². The number of methoxy groups -OCH3 is 1. The van der Waals surface area contributed by atoms with Crippen LogP contribution in [0.5, 0.6) is 0 Å². The summed E-state index contributed by atoms with van der Waals surface area (Å²) in [5.74, 6) is 1.03. The average molecular weight is 345 g/mol. The standard InChI is InChI=1S/C18H23N3O4/c1-11(2)12-4-6-13(7-5-12)17-19-16(25-20-17)10-21-9-14(22)8-15(21)18(23)24-3/h4-7,11,14-15,22H,8-10H2,1-3H3/t14-,15+/m0/s1. The van der Waals surface area contributed by atoms with E-state index in [-0.39, 0.29) is 5.97 Å². The summed E-state index contributed by atoms with van der Waals surface area (Å²) in [7, 11) is 1.34. The van der Waals surface area contributed by atoms with Crippen molar-refractivity contribution < 1.29 is 19.2 Å². The quantitative estimate of drug-likeness (QED) is 0.829. The van der Waals surface area contributed by atoms with E-state index in [2.05, 4.69) is 36.1 Å². The number of carbonyl (C=O) groups is 1. The zero-order valence-electron chi connectivity index (χ0n) is 14.7. The molecule has 1 N–H and O–H groups in total. The minimum Gasteiger partial charge on any atom is -0.468 e. The van der Waals surface area contributed by atoms with Crippen molar-refractivity contribution in [3.63, 3.8) is 0 Å². The summed E-state index contributed by atoms with van der Waals surface area (Å²) >= 11 is 0. The van der Waals surface area contributed by atoms with Gasteiger partial charge in [-0.15, -0.1) is 0 Å². The molecule has 134 valence electrons. The van der Waals surface area contributed by atoms with Gasteiger partial charge in [0.15, 0.2) is 0 Å². The van der Waals surface area contributed by atoms with Gasteiger partial charge < -0.3 is 14.4 Å². The second kappa shape index (κ2) is 7.33. The average Bonchev–Trinajstić information content (AvgIpc) is 3.21. The molecule has 25 heavy (non-hydrogen) atoms. The van der Waals surface area contributed by atoms with Gasteiger partial charge in [0.25, 0.3) is 0 Å². The Bertz CT molecular complexity index is 726. The highest BCUT2D eigenvalue weighted by molar-refractivity contribution is 5.76. The van der Waals surface area contributed by atoms with Crippen molar-refractivity contribution in [2.45, 2.75) is 44.9 Å². The first-order valence-electron chi connectivity index (χ1n) is 8.40. The van der Waals surface area contributed by atoms with Crippen LogP contribution in [-0.4, -0.2) is 51.9 Å². The highest BCUT2D eigenvalue weighted by Gasteiger charge is 2.37. The van der Waals surface area contributed by atoms with E-state index in [9.17, 15) is 9.90 Å². The third-order valence-corrected chi connectivity index (χ3v) is 4.50. The molecule has 1 fully saturated rings. The number of carbonyl (C=O) groups excluding carboxylic acids is 1. The molecule has 1 aromatic carbocycles. The number of hydrogen-bond donors (Lipinski definition) is 1. The summed E-state index contributed by atoms with van der Waals surface area (Å²) in [6.07, 6.45) is -0.209. The Hall–Kier alpha value is -2.25. The van der Waals surface area contributed by atoms with Crippen LogP contribution in [0.25, 0.3) is 11.4 Å². The van der Waals surface area contributed by atoms with E-state index in [0.29, 0.717) is 37.1 Å². The van der Waals surface area contributed by atoms with Gasteiger partial charge in [-0.3, -0.25) is 9.69 Å². The smallest absolute Gasteiger partial charge is 0.323 e. The molecule has 0 saturated carbocycles. The number of aromatic nitrogens is 2. The summed E-state index contributed by atoms with van der Waals surface area (Å²) in [5, 5.41) is 13.9. The molecule has 1 aliphatic heterocycles. The number of ether oxygens (including phenoxy) is 1. The molecule has 1 aliphatic rings. The monoisotopic (exact) mass is 345 g/mol.